The third kappa shape index (κ3) is 4.19. The van der Waals surface area contributed by atoms with E-state index in [0.717, 1.165) is 23.2 Å². The Morgan fingerprint density at radius 2 is 1.85 bits per heavy atom. The zero-order valence-corrected chi connectivity index (χ0v) is 17.6. The van der Waals surface area contributed by atoms with Gasteiger partial charge < -0.3 is 5.32 Å². The lowest BCUT2D eigenvalue weighted by atomic mass is 9.94. The molecule has 1 saturated carbocycles. The molecule has 2 aromatic rings. The van der Waals surface area contributed by atoms with Crippen molar-refractivity contribution in [2.75, 3.05) is 31.1 Å². The van der Waals surface area contributed by atoms with Gasteiger partial charge in [-0.15, -0.1) is 0 Å². The monoisotopic (exact) mass is 434 g/mol. The summed E-state index contributed by atoms with van der Waals surface area (Å²) in [4.78, 5) is 2.77. The maximum atomic E-state index is 4.52. The normalized spacial score (nSPS) is 20.5. The molecule has 2 aliphatic rings. The summed E-state index contributed by atoms with van der Waals surface area (Å²) < 4.78 is 3.05. The first-order chi connectivity index (χ1) is 12.8. The van der Waals surface area contributed by atoms with Crippen LogP contribution in [0.1, 0.15) is 31.2 Å². The first-order valence-corrected chi connectivity index (χ1v) is 11.5. The Kier molecular flexibility index (Phi) is 6.03. The predicted molar refractivity (Wildman–Crippen MR) is 113 cm³/mol. The van der Waals surface area contributed by atoms with E-state index in [1.54, 1.807) is 0 Å². The van der Waals surface area contributed by atoms with Gasteiger partial charge in [0, 0.05) is 59.5 Å². The van der Waals surface area contributed by atoms with Crippen LogP contribution in [0.2, 0.25) is 0 Å². The summed E-state index contributed by atoms with van der Waals surface area (Å²) in [6.45, 7) is 4.50. The first-order valence-electron chi connectivity index (χ1n) is 9.58. The van der Waals surface area contributed by atoms with Crippen LogP contribution in [0.15, 0.2) is 41.1 Å². The van der Waals surface area contributed by atoms with Gasteiger partial charge in [0.25, 0.3) is 0 Å². The van der Waals surface area contributed by atoms with E-state index in [1.807, 2.05) is 10.9 Å². The van der Waals surface area contributed by atoms with Gasteiger partial charge in [-0.1, -0.05) is 28.8 Å². The Bertz CT molecular complexity index is 703. The zero-order chi connectivity index (χ0) is 17.8. The molecule has 2 heterocycles. The first kappa shape index (κ1) is 18.5. The lowest BCUT2D eigenvalue weighted by Gasteiger charge is -2.43. The van der Waals surface area contributed by atoms with Gasteiger partial charge in [-0.2, -0.15) is 16.9 Å². The molecule has 0 atom stereocenters. The number of nitrogens with one attached hydrogen (secondary N) is 1. The molecule has 1 N–H and O–H groups in total. The van der Waals surface area contributed by atoms with Crippen LogP contribution in [0.25, 0.3) is 5.69 Å². The molecule has 2 fully saturated rings. The second-order valence-electron chi connectivity index (χ2n) is 7.40. The van der Waals surface area contributed by atoms with Crippen LogP contribution in [0, 0.1) is 0 Å². The number of nitrogens with zero attached hydrogens (tertiary/aromatic N) is 3. The second-order valence-corrected chi connectivity index (χ2v) is 9.54. The van der Waals surface area contributed by atoms with Crippen molar-refractivity contribution in [1.29, 1.82) is 0 Å². The summed E-state index contributed by atoms with van der Waals surface area (Å²) in [7, 11) is 0. The van der Waals surface area contributed by atoms with Crippen LogP contribution in [0.5, 0.6) is 0 Å². The molecule has 140 valence electrons. The zero-order valence-electron chi connectivity index (χ0n) is 15.2. The van der Waals surface area contributed by atoms with Crippen LogP contribution in [0.3, 0.4) is 0 Å². The van der Waals surface area contributed by atoms with E-state index in [1.165, 1.54) is 55.8 Å². The number of rotatable bonds is 6. The van der Waals surface area contributed by atoms with Gasteiger partial charge in [0.2, 0.25) is 0 Å². The van der Waals surface area contributed by atoms with Crippen molar-refractivity contribution >= 4 is 27.7 Å². The van der Waals surface area contributed by atoms with E-state index in [0.29, 0.717) is 5.54 Å². The van der Waals surface area contributed by atoms with Crippen LogP contribution < -0.4 is 5.32 Å². The van der Waals surface area contributed by atoms with E-state index in [2.05, 4.69) is 73.5 Å². The van der Waals surface area contributed by atoms with Crippen molar-refractivity contribution in [2.24, 2.45) is 0 Å². The summed E-state index contributed by atoms with van der Waals surface area (Å²) in [5.41, 5.74) is 2.73. The molecule has 1 aliphatic heterocycles. The van der Waals surface area contributed by atoms with Crippen molar-refractivity contribution in [3.05, 3.63) is 46.7 Å². The van der Waals surface area contributed by atoms with E-state index in [9.17, 15) is 0 Å². The topological polar surface area (TPSA) is 33.1 Å². The van der Waals surface area contributed by atoms with Gasteiger partial charge in [0.15, 0.2) is 0 Å². The summed E-state index contributed by atoms with van der Waals surface area (Å²) in [6, 6.07) is 8.26. The van der Waals surface area contributed by atoms with Crippen molar-refractivity contribution in [3.63, 3.8) is 0 Å². The van der Waals surface area contributed by atoms with Gasteiger partial charge in [0.1, 0.15) is 0 Å². The number of aromatic nitrogens is 2. The van der Waals surface area contributed by atoms with Crippen molar-refractivity contribution in [2.45, 2.75) is 37.8 Å². The molecule has 6 heteroatoms. The minimum absolute atomic E-state index is 0.392. The number of halogens is 1. The number of benzene rings is 1. The van der Waals surface area contributed by atoms with Crippen molar-refractivity contribution < 1.29 is 0 Å². The SMILES string of the molecule is Brc1ccc(-n2cc(CNCC3(N4CCSCC4)CCCC3)cn2)cc1. The van der Waals surface area contributed by atoms with Gasteiger partial charge in [-0.05, 0) is 37.1 Å². The van der Waals surface area contributed by atoms with Crippen LogP contribution in [0.4, 0.5) is 0 Å². The smallest absolute Gasteiger partial charge is 0.0646 e. The molecule has 1 aromatic heterocycles. The highest BCUT2D eigenvalue weighted by atomic mass is 79.9. The lowest BCUT2D eigenvalue weighted by molar-refractivity contribution is 0.102. The van der Waals surface area contributed by atoms with Crippen molar-refractivity contribution in [3.8, 4) is 5.69 Å². The molecule has 0 amide bonds. The largest absolute Gasteiger partial charge is 0.311 e. The Hall–Kier alpha value is -0.820. The van der Waals surface area contributed by atoms with E-state index >= 15 is 0 Å². The minimum Gasteiger partial charge on any atom is -0.311 e. The molecule has 1 aliphatic carbocycles. The second kappa shape index (κ2) is 8.46. The minimum atomic E-state index is 0.392. The van der Waals surface area contributed by atoms with Gasteiger partial charge in [-0.25, -0.2) is 4.68 Å². The Morgan fingerprint density at radius 1 is 1.12 bits per heavy atom. The van der Waals surface area contributed by atoms with E-state index in [-0.39, 0.29) is 0 Å². The maximum absolute atomic E-state index is 4.52. The Balaban J connectivity index is 1.35. The molecule has 4 nitrogen and oxygen atoms in total. The fourth-order valence-corrected chi connectivity index (χ4v) is 5.47. The lowest BCUT2D eigenvalue weighted by Crippen LogP contribution is -2.55. The van der Waals surface area contributed by atoms with Gasteiger partial charge in [0.05, 0.1) is 11.9 Å². The summed E-state index contributed by atoms with van der Waals surface area (Å²) in [5, 5.41) is 8.27. The molecule has 1 saturated heterocycles. The Morgan fingerprint density at radius 3 is 2.58 bits per heavy atom. The summed E-state index contributed by atoms with van der Waals surface area (Å²) in [5.74, 6) is 2.59. The molecule has 0 unspecified atom stereocenters. The average Bonchev–Trinajstić information content (AvgIpc) is 3.34. The predicted octanol–water partition coefficient (Wildman–Crippen LogP) is 4.09. The fourth-order valence-electron chi connectivity index (χ4n) is 4.30. The quantitative estimate of drug-likeness (QED) is 0.741. The molecule has 1 aromatic carbocycles. The fraction of sp³-hybridized carbons (Fsp3) is 0.550. The van der Waals surface area contributed by atoms with Crippen LogP contribution in [-0.2, 0) is 6.54 Å². The van der Waals surface area contributed by atoms with Crippen molar-refractivity contribution in [1.82, 2.24) is 20.0 Å². The molecule has 4 rings (SSSR count). The molecular formula is C20H27BrN4S. The molecule has 0 radical (unpaired) electrons. The molecule has 26 heavy (non-hydrogen) atoms. The summed E-state index contributed by atoms with van der Waals surface area (Å²) >= 11 is 5.58. The average molecular weight is 435 g/mol. The highest BCUT2D eigenvalue weighted by Crippen LogP contribution is 2.36. The number of hydrogen-bond acceptors (Lipinski definition) is 4. The van der Waals surface area contributed by atoms with Gasteiger partial charge >= 0.3 is 0 Å². The van der Waals surface area contributed by atoms with Gasteiger partial charge in [-0.3, -0.25) is 4.90 Å². The molecular weight excluding hydrogens is 408 g/mol. The van der Waals surface area contributed by atoms with Crippen LogP contribution in [-0.4, -0.2) is 51.4 Å². The highest BCUT2D eigenvalue weighted by molar-refractivity contribution is 9.10. The summed E-state index contributed by atoms with van der Waals surface area (Å²) in [6.07, 6.45) is 9.58. The van der Waals surface area contributed by atoms with E-state index in [4.69, 9.17) is 0 Å². The third-order valence-electron chi connectivity index (χ3n) is 5.73. The number of thioether (sulfide) groups is 1. The standard InChI is InChI=1S/C20H27BrN4S/c21-18-3-5-19(6-4-18)25-15-17(14-23-25)13-22-16-20(7-1-2-8-20)24-9-11-26-12-10-24/h3-6,14-15,22H,1-2,7-13,16H2. The molecule has 0 spiro atoms. The highest BCUT2D eigenvalue weighted by Gasteiger charge is 2.39. The van der Waals surface area contributed by atoms with E-state index < -0.39 is 0 Å². The van der Waals surface area contributed by atoms with Crippen LogP contribution >= 0.6 is 27.7 Å². The molecule has 0 bridgehead atoms. The maximum Gasteiger partial charge on any atom is 0.0646 e. The number of hydrogen-bond donors (Lipinski definition) is 1. The third-order valence-corrected chi connectivity index (χ3v) is 7.20. The Labute approximate surface area is 168 Å².